The molecular weight excluding hydrogens is 196 g/mol. The minimum absolute atomic E-state index is 0.0804. The van der Waals surface area contributed by atoms with Gasteiger partial charge in [-0.2, -0.15) is 0 Å². The van der Waals surface area contributed by atoms with E-state index in [1.54, 1.807) is 11.3 Å². The number of aliphatic hydroxyl groups is 1. The van der Waals surface area contributed by atoms with Gasteiger partial charge in [0.15, 0.2) is 6.29 Å². The van der Waals surface area contributed by atoms with Crippen molar-refractivity contribution in [3.05, 3.63) is 34.2 Å². The molecule has 0 atom stereocenters. The van der Waals surface area contributed by atoms with Crippen LogP contribution in [-0.4, -0.2) is 11.4 Å². The van der Waals surface area contributed by atoms with Gasteiger partial charge in [0, 0.05) is 10.3 Å². The number of thiophene rings is 1. The monoisotopic (exact) mass is 206 g/mol. The van der Waals surface area contributed by atoms with Crippen molar-refractivity contribution in [2.75, 3.05) is 0 Å². The van der Waals surface area contributed by atoms with Gasteiger partial charge in [-0.3, -0.25) is 4.79 Å². The Balaban J connectivity index is 2.88. The highest BCUT2D eigenvalue weighted by Crippen LogP contribution is 2.28. The number of rotatable bonds is 2. The van der Waals surface area contributed by atoms with Crippen LogP contribution in [0.4, 0.5) is 0 Å². The Kier molecular flexibility index (Phi) is 2.35. The molecule has 1 N–H and O–H groups in total. The van der Waals surface area contributed by atoms with Crippen molar-refractivity contribution >= 4 is 27.7 Å². The molecule has 0 aliphatic heterocycles. The Bertz CT molecular complexity index is 485. The summed E-state index contributed by atoms with van der Waals surface area (Å²) >= 11 is 1.62. The lowest BCUT2D eigenvalue weighted by atomic mass is 10.0. The van der Waals surface area contributed by atoms with E-state index in [0.717, 1.165) is 27.5 Å². The highest BCUT2D eigenvalue weighted by molar-refractivity contribution is 7.17. The van der Waals surface area contributed by atoms with Gasteiger partial charge in [-0.1, -0.05) is 0 Å². The van der Waals surface area contributed by atoms with E-state index in [-0.39, 0.29) is 6.61 Å². The van der Waals surface area contributed by atoms with Crippen molar-refractivity contribution in [2.24, 2.45) is 0 Å². The van der Waals surface area contributed by atoms with Crippen molar-refractivity contribution in [3.63, 3.8) is 0 Å². The van der Waals surface area contributed by atoms with Crippen molar-refractivity contribution in [1.29, 1.82) is 0 Å². The summed E-state index contributed by atoms with van der Waals surface area (Å²) in [6.45, 7) is 1.81. The lowest BCUT2D eigenvalue weighted by Gasteiger charge is -2.06. The third kappa shape index (κ3) is 1.25. The van der Waals surface area contributed by atoms with E-state index in [4.69, 9.17) is 0 Å². The number of hydrogen-bond acceptors (Lipinski definition) is 3. The number of aryl methyl sites for hydroxylation is 1. The average molecular weight is 206 g/mol. The van der Waals surface area contributed by atoms with E-state index in [0.29, 0.717) is 5.56 Å². The summed E-state index contributed by atoms with van der Waals surface area (Å²) in [5, 5.41) is 12.2. The predicted octanol–water partition coefficient (Wildman–Crippen LogP) is 2.51. The zero-order valence-electron chi connectivity index (χ0n) is 7.78. The topological polar surface area (TPSA) is 37.3 Å². The second-order valence-corrected chi connectivity index (χ2v) is 4.14. The Labute approximate surface area is 85.8 Å². The van der Waals surface area contributed by atoms with Crippen LogP contribution in [0.5, 0.6) is 0 Å². The molecule has 0 bridgehead atoms. The maximum atomic E-state index is 10.9. The number of benzene rings is 1. The highest BCUT2D eigenvalue weighted by atomic mass is 32.1. The van der Waals surface area contributed by atoms with Gasteiger partial charge in [-0.25, -0.2) is 0 Å². The Morgan fingerprint density at radius 1 is 1.57 bits per heavy atom. The van der Waals surface area contributed by atoms with Gasteiger partial charge < -0.3 is 5.11 Å². The lowest BCUT2D eigenvalue weighted by molar-refractivity contribution is 0.112. The summed E-state index contributed by atoms with van der Waals surface area (Å²) in [6, 6.07) is 3.93. The fraction of sp³-hybridized carbons (Fsp3) is 0.182. The van der Waals surface area contributed by atoms with Gasteiger partial charge in [-0.15, -0.1) is 11.3 Å². The molecule has 0 spiro atoms. The highest BCUT2D eigenvalue weighted by Gasteiger charge is 2.10. The molecule has 2 rings (SSSR count). The van der Waals surface area contributed by atoms with Gasteiger partial charge in [-0.05, 0) is 40.9 Å². The van der Waals surface area contributed by atoms with E-state index in [9.17, 15) is 9.90 Å². The molecule has 0 saturated heterocycles. The smallest absolute Gasteiger partial charge is 0.150 e. The van der Waals surface area contributed by atoms with Crippen molar-refractivity contribution in [3.8, 4) is 0 Å². The fourth-order valence-electron chi connectivity index (χ4n) is 1.67. The first-order valence-electron chi connectivity index (χ1n) is 4.33. The first-order chi connectivity index (χ1) is 6.77. The molecular formula is C11H10O2S. The van der Waals surface area contributed by atoms with E-state index in [1.807, 2.05) is 24.4 Å². The summed E-state index contributed by atoms with van der Waals surface area (Å²) in [5.74, 6) is 0. The first-order valence-corrected chi connectivity index (χ1v) is 5.21. The SMILES string of the molecule is Cc1cc2sccc2c(CO)c1C=O. The van der Waals surface area contributed by atoms with E-state index in [1.165, 1.54) is 0 Å². The standard InChI is InChI=1S/C11H10O2S/c1-7-4-11-8(2-3-14-11)10(6-13)9(7)5-12/h2-5,13H,6H2,1H3. The quantitative estimate of drug-likeness (QED) is 0.766. The van der Waals surface area contributed by atoms with Crippen molar-refractivity contribution in [2.45, 2.75) is 13.5 Å². The van der Waals surface area contributed by atoms with Crippen LogP contribution >= 0.6 is 11.3 Å². The molecule has 0 aliphatic rings. The normalized spacial score (nSPS) is 10.7. The van der Waals surface area contributed by atoms with Gasteiger partial charge >= 0.3 is 0 Å². The number of carbonyl (C=O) groups is 1. The molecule has 0 radical (unpaired) electrons. The molecule has 1 heterocycles. The molecule has 0 saturated carbocycles. The number of carbonyl (C=O) groups excluding carboxylic acids is 1. The minimum Gasteiger partial charge on any atom is -0.392 e. The zero-order chi connectivity index (χ0) is 10.1. The molecule has 2 aromatic rings. The van der Waals surface area contributed by atoms with Gasteiger partial charge in [0.25, 0.3) is 0 Å². The second-order valence-electron chi connectivity index (χ2n) is 3.19. The van der Waals surface area contributed by atoms with Crippen LogP contribution in [0.15, 0.2) is 17.5 Å². The third-order valence-electron chi connectivity index (χ3n) is 2.39. The Morgan fingerprint density at radius 2 is 2.36 bits per heavy atom. The largest absolute Gasteiger partial charge is 0.392 e. The van der Waals surface area contributed by atoms with Crippen LogP contribution < -0.4 is 0 Å². The number of hydrogen-bond donors (Lipinski definition) is 1. The number of fused-ring (bicyclic) bond motifs is 1. The third-order valence-corrected chi connectivity index (χ3v) is 3.26. The van der Waals surface area contributed by atoms with Crippen LogP contribution in [0, 0.1) is 6.92 Å². The second kappa shape index (κ2) is 3.52. The molecule has 0 fully saturated rings. The Hall–Kier alpha value is -1.19. The van der Waals surface area contributed by atoms with Gasteiger partial charge in [0.2, 0.25) is 0 Å². The first kappa shape index (κ1) is 9.37. The molecule has 72 valence electrons. The number of aldehydes is 1. The fourth-order valence-corrected chi connectivity index (χ4v) is 2.59. The van der Waals surface area contributed by atoms with Crippen LogP contribution in [0.1, 0.15) is 21.5 Å². The summed E-state index contributed by atoms with van der Waals surface area (Å²) < 4.78 is 1.12. The molecule has 14 heavy (non-hydrogen) atoms. The van der Waals surface area contributed by atoms with Crippen LogP contribution in [0.25, 0.3) is 10.1 Å². The molecule has 3 heteroatoms. The predicted molar refractivity (Wildman–Crippen MR) is 57.9 cm³/mol. The molecule has 0 aliphatic carbocycles. The summed E-state index contributed by atoms with van der Waals surface area (Å²) in [4.78, 5) is 10.9. The maximum Gasteiger partial charge on any atom is 0.150 e. The molecule has 1 aromatic carbocycles. The lowest BCUT2D eigenvalue weighted by Crippen LogP contribution is -1.96. The summed E-state index contributed by atoms with van der Waals surface area (Å²) in [7, 11) is 0. The zero-order valence-corrected chi connectivity index (χ0v) is 8.60. The van der Waals surface area contributed by atoms with Gasteiger partial charge in [0.05, 0.1) is 6.61 Å². The van der Waals surface area contributed by atoms with Gasteiger partial charge in [0.1, 0.15) is 0 Å². The summed E-state index contributed by atoms with van der Waals surface area (Å²) in [5.41, 5.74) is 2.30. The van der Waals surface area contributed by atoms with Crippen LogP contribution in [-0.2, 0) is 6.61 Å². The van der Waals surface area contributed by atoms with E-state index in [2.05, 4.69) is 0 Å². The maximum absolute atomic E-state index is 10.9. The molecule has 0 amide bonds. The average Bonchev–Trinajstić information content (AvgIpc) is 2.62. The van der Waals surface area contributed by atoms with Crippen molar-refractivity contribution in [1.82, 2.24) is 0 Å². The van der Waals surface area contributed by atoms with Crippen LogP contribution in [0.2, 0.25) is 0 Å². The molecule has 2 nitrogen and oxygen atoms in total. The van der Waals surface area contributed by atoms with E-state index < -0.39 is 0 Å². The Morgan fingerprint density at radius 3 is 3.00 bits per heavy atom. The number of aliphatic hydroxyl groups excluding tert-OH is 1. The minimum atomic E-state index is -0.0804. The van der Waals surface area contributed by atoms with E-state index >= 15 is 0 Å². The summed E-state index contributed by atoms with van der Waals surface area (Å²) in [6.07, 6.45) is 0.817. The molecule has 0 unspecified atom stereocenters. The van der Waals surface area contributed by atoms with Crippen LogP contribution in [0.3, 0.4) is 0 Å². The van der Waals surface area contributed by atoms with Crippen molar-refractivity contribution < 1.29 is 9.90 Å². The molecule has 1 aromatic heterocycles.